The number of hydrogen-bond acceptors (Lipinski definition) is 6. The number of nitrogens with zero attached hydrogens (tertiary/aromatic N) is 2. The van der Waals surface area contributed by atoms with E-state index < -0.39 is 22.0 Å². The van der Waals surface area contributed by atoms with Gasteiger partial charge >= 0.3 is 5.97 Å². The maximum absolute atomic E-state index is 13.7. The lowest BCUT2D eigenvalue weighted by atomic mass is 10.1. The van der Waals surface area contributed by atoms with E-state index in [1.54, 1.807) is 40.0 Å². The Morgan fingerprint density at radius 3 is 2.53 bits per heavy atom. The molecule has 30 heavy (non-hydrogen) atoms. The molecule has 0 N–H and O–H groups in total. The van der Waals surface area contributed by atoms with Crippen LogP contribution in [0.25, 0.3) is 0 Å². The van der Waals surface area contributed by atoms with Gasteiger partial charge < -0.3 is 18.8 Å². The zero-order chi connectivity index (χ0) is 21.9. The largest absolute Gasteiger partial charge is 0.497 e. The number of ether oxygens (including phenoxy) is 3. The predicted octanol–water partition coefficient (Wildman–Crippen LogP) is 2.44. The highest BCUT2D eigenvalue weighted by Crippen LogP contribution is 2.35. The highest BCUT2D eigenvalue weighted by molar-refractivity contribution is 7.89. The van der Waals surface area contributed by atoms with Crippen molar-refractivity contribution >= 4 is 16.0 Å². The Labute approximate surface area is 177 Å². The average Bonchev–Trinajstić information content (AvgIpc) is 3.16. The van der Waals surface area contributed by atoms with Gasteiger partial charge in [-0.05, 0) is 56.2 Å². The van der Waals surface area contributed by atoms with Crippen LogP contribution in [0.3, 0.4) is 0 Å². The molecule has 0 bridgehead atoms. The van der Waals surface area contributed by atoms with Gasteiger partial charge in [0.05, 0.1) is 31.3 Å². The molecule has 0 saturated heterocycles. The number of fused-ring (bicyclic) bond motifs is 1. The molecule has 0 spiro atoms. The summed E-state index contributed by atoms with van der Waals surface area (Å²) in [5.41, 5.74) is 2.08. The van der Waals surface area contributed by atoms with Gasteiger partial charge in [-0.2, -0.15) is 4.31 Å². The molecule has 1 aromatic carbocycles. The number of carbonyl (C=O) groups is 1. The second-order valence-electron chi connectivity index (χ2n) is 7.17. The van der Waals surface area contributed by atoms with E-state index in [0.29, 0.717) is 30.0 Å². The van der Waals surface area contributed by atoms with Crippen LogP contribution in [0.1, 0.15) is 29.8 Å². The smallest absolute Gasteiger partial charge is 0.332 e. The Kier molecular flexibility index (Phi) is 6.84. The number of aryl methyl sites for hydroxylation is 2. The fraction of sp³-hybridized carbons (Fsp3) is 0.476. The highest BCUT2D eigenvalue weighted by atomic mass is 32.2. The predicted molar refractivity (Wildman–Crippen MR) is 111 cm³/mol. The van der Waals surface area contributed by atoms with Crippen LogP contribution in [0.4, 0.5) is 0 Å². The van der Waals surface area contributed by atoms with Crippen molar-refractivity contribution in [2.24, 2.45) is 0 Å². The molecule has 0 radical (unpaired) electrons. The van der Waals surface area contributed by atoms with E-state index in [1.807, 2.05) is 22.9 Å². The van der Waals surface area contributed by atoms with E-state index in [1.165, 1.54) is 4.31 Å². The normalized spacial score (nSPS) is 16.9. The third kappa shape index (κ3) is 4.38. The zero-order valence-corrected chi connectivity index (χ0v) is 18.6. The van der Waals surface area contributed by atoms with Gasteiger partial charge in [0.15, 0.2) is 0 Å². The van der Waals surface area contributed by atoms with Crippen molar-refractivity contribution in [3.63, 3.8) is 0 Å². The maximum Gasteiger partial charge on any atom is 0.332 e. The Hall–Kier alpha value is -2.36. The summed E-state index contributed by atoms with van der Waals surface area (Å²) in [5.74, 6) is 0.144. The molecule has 0 aliphatic carbocycles. The van der Waals surface area contributed by atoms with Crippen molar-refractivity contribution in [1.82, 2.24) is 8.87 Å². The van der Waals surface area contributed by atoms with Crippen LogP contribution < -0.4 is 4.74 Å². The van der Waals surface area contributed by atoms with Crippen LogP contribution in [0.15, 0.2) is 35.4 Å². The lowest BCUT2D eigenvalue weighted by molar-refractivity contribution is -0.148. The van der Waals surface area contributed by atoms with Gasteiger partial charge in [-0.1, -0.05) is 0 Å². The summed E-state index contributed by atoms with van der Waals surface area (Å²) in [4.78, 5) is 11.9. The number of sulfonamides is 1. The molecule has 9 heteroatoms. The number of carbonyl (C=O) groups excluding carboxylic acids is 1. The molecule has 1 atom stereocenters. The number of hydrogen-bond donors (Lipinski definition) is 0. The maximum atomic E-state index is 13.7. The quantitative estimate of drug-likeness (QED) is 0.591. The summed E-state index contributed by atoms with van der Waals surface area (Å²) in [7, 11) is -2.26. The monoisotopic (exact) mass is 436 g/mol. The summed E-state index contributed by atoms with van der Waals surface area (Å²) in [6, 6.07) is 6.66. The Balaban J connectivity index is 1.93. The summed E-state index contributed by atoms with van der Waals surface area (Å²) in [6.45, 7) is 6.20. The third-order valence-electron chi connectivity index (χ3n) is 5.15. The van der Waals surface area contributed by atoms with Crippen molar-refractivity contribution in [3.8, 4) is 5.75 Å². The van der Waals surface area contributed by atoms with E-state index in [9.17, 15) is 13.2 Å². The molecule has 3 rings (SSSR count). The van der Waals surface area contributed by atoms with Crippen LogP contribution in [-0.2, 0) is 30.8 Å². The van der Waals surface area contributed by atoms with Gasteiger partial charge in [-0.15, -0.1) is 0 Å². The fourth-order valence-electron chi connectivity index (χ4n) is 3.91. The summed E-state index contributed by atoms with van der Waals surface area (Å²) < 4.78 is 46.6. The van der Waals surface area contributed by atoms with Gasteiger partial charge in [-0.3, -0.25) is 0 Å². The molecule has 0 amide bonds. The van der Waals surface area contributed by atoms with E-state index in [4.69, 9.17) is 14.2 Å². The van der Waals surface area contributed by atoms with Gasteiger partial charge in [0.25, 0.3) is 0 Å². The van der Waals surface area contributed by atoms with Gasteiger partial charge in [0.1, 0.15) is 12.4 Å². The van der Waals surface area contributed by atoms with E-state index in [-0.39, 0.29) is 24.7 Å². The van der Waals surface area contributed by atoms with E-state index >= 15 is 0 Å². The van der Waals surface area contributed by atoms with Crippen LogP contribution >= 0.6 is 0 Å². The molecule has 2 aromatic rings. The van der Waals surface area contributed by atoms with Crippen LogP contribution in [0, 0.1) is 13.8 Å². The first-order valence-corrected chi connectivity index (χ1v) is 11.3. The lowest BCUT2D eigenvalue weighted by Crippen LogP contribution is -2.44. The lowest BCUT2D eigenvalue weighted by Gasteiger charge is -2.36. The van der Waals surface area contributed by atoms with E-state index in [2.05, 4.69) is 0 Å². The number of esters is 1. The average molecular weight is 437 g/mol. The van der Waals surface area contributed by atoms with Crippen molar-refractivity contribution in [2.45, 2.75) is 38.3 Å². The Bertz CT molecular complexity index is 991. The molecule has 0 saturated carbocycles. The van der Waals surface area contributed by atoms with E-state index in [0.717, 1.165) is 5.69 Å². The van der Waals surface area contributed by atoms with Crippen molar-refractivity contribution in [1.29, 1.82) is 0 Å². The van der Waals surface area contributed by atoms with Crippen molar-refractivity contribution in [3.05, 3.63) is 47.3 Å². The number of rotatable bonds is 8. The minimum Gasteiger partial charge on any atom is -0.497 e. The second-order valence-corrected chi connectivity index (χ2v) is 9.00. The zero-order valence-electron chi connectivity index (χ0n) is 17.8. The summed E-state index contributed by atoms with van der Waals surface area (Å²) in [6.07, 6.45) is 1.92. The highest BCUT2D eigenvalue weighted by Gasteiger charge is 2.38. The third-order valence-corrected chi connectivity index (χ3v) is 7.37. The molecule has 0 fully saturated rings. The molecule has 8 nitrogen and oxygen atoms in total. The second kappa shape index (κ2) is 9.20. The molecule has 1 aliphatic heterocycles. The molecule has 1 unspecified atom stereocenters. The molecule has 164 valence electrons. The van der Waals surface area contributed by atoms with Crippen LogP contribution in [-0.4, -0.2) is 56.7 Å². The summed E-state index contributed by atoms with van der Waals surface area (Å²) >= 11 is 0. The van der Waals surface area contributed by atoms with Gasteiger partial charge in [0, 0.05) is 25.0 Å². The Morgan fingerprint density at radius 2 is 1.90 bits per heavy atom. The first-order valence-electron chi connectivity index (χ1n) is 9.85. The van der Waals surface area contributed by atoms with Crippen LogP contribution in [0.2, 0.25) is 0 Å². The molecular formula is C21H28N2O6S. The van der Waals surface area contributed by atoms with Gasteiger partial charge in [0.2, 0.25) is 10.0 Å². The molecule has 2 heterocycles. The number of aromatic nitrogens is 1. The summed E-state index contributed by atoms with van der Waals surface area (Å²) in [5, 5.41) is 0. The van der Waals surface area contributed by atoms with Crippen LogP contribution in [0.5, 0.6) is 5.75 Å². The standard InChI is InChI=1S/C21H28N2O6S/c1-5-29-20(24)14-28-13-19-18-7-6-8-22(18)9-10-23(19)30(25,26)21-15(2)11-17(27-4)12-16(21)3/h6-8,11-12,19H,5,9-10,13-14H2,1-4H3. The van der Waals surface area contributed by atoms with Crippen molar-refractivity contribution < 1.29 is 27.4 Å². The minimum absolute atomic E-state index is 0.0519. The minimum atomic E-state index is -3.81. The number of methoxy groups -OCH3 is 1. The SMILES string of the molecule is CCOC(=O)COCC1c2cccn2CCN1S(=O)(=O)c1c(C)cc(OC)cc1C. The molecular weight excluding hydrogens is 408 g/mol. The Morgan fingerprint density at radius 1 is 1.20 bits per heavy atom. The fourth-order valence-corrected chi connectivity index (χ4v) is 5.90. The first-order chi connectivity index (χ1) is 14.3. The topological polar surface area (TPSA) is 87.1 Å². The molecule has 1 aliphatic rings. The van der Waals surface area contributed by atoms with Gasteiger partial charge in [-0.25, -0.2) is 13.2 Å². The first kappa shape index (κ1) is 22.3. The van der Waals surface area contributed by atoms with Crippen molar-refractivity contribution in [2.75, 3.05) is 33.5 Å². The molecule has 1 aromatic heterocycles. The number of benzene rings is 1.